The predicted octanol–water partition coefficient (Wildman–Crippen LogP) is 4.08. The maximum atomic E-state index is 4.70. The number of rotatable bonds is 1. The minimum absolute atomic E-state index is 0.719. The van der Waals surface area contributed by atoms with Gasteiger partial charge in [-0.15, -0.1) is 0 Å². The first kappa shape index (κ1) is 12.2. The summed E-state index contributed by atoms with van der Waals surface area (Å²) in [7, 11) is 0. The largest absolute Gasteiger partial charge is 0.237 e. The molecule has 0 aliphatic rings. The quantitative estimate of drug-likeness (QED) is 0.495. The van der Waals surface area contributed by atoms with Gasteiger partial charge in [0.1, 0.15) is 4.83 Å². The van der Waals surface area contributed by atoms with Gasteiger partial charge in [-0.25, -0.2) is 15.0 Å². The van der Waals surface area contributed by atoms with Gasteiger partial charge >= 0.3 is 0 Å². The summed E-state index contributed by atoms with van der Waals surface area (Å²) in [5, 5.41) is 2.18. The lowest BCUT2D eigenvalue weighted by atomic mass is 10.2. The van der Waals surface area contributed by atoms with E-state index in [0.717, 1.165) is 31.6 Å². The van der Waals surface area contributed by atoms with Gasteiger partial charge in [0.15, 0.2) is 0 Å². The van der Waals surface area contributed by atoms with Crippen molar-refractivity contribution in [2.75, 3.05) is 0 Å². The zero-order valence-electron chi connectivity index (χ0n) is 11.1. The summed E-state index contributed by atoms with van der Waals surface area (Å²) in [6.45, 7) is 0. The number of nitrogens with zero attached hydrogens (tertiary/aromatic N) is 3. The van der Waals surface area contributed by atoms with Gasteiger partial charge in [-0.05, 0) is 24.3 Å². The molecule has 0 saturated carbocycles. The first-order valence-corrected chi connectivity index (χ1v) is 7.46. The van der Waals surface area contributed by atoms with E-state index >= 15 is 0 Å². The van der Waals surface area contributed by atoms with Crippen molar-refractivity contribution in [3.05, 3.63) is 71.7 Å². The van der Waals surface area contributed by atoms with Crippen LogP contribution in [0.1, 0.15) is 0 Å². The Kier molecular flexibility index (Phi) is 2.94. The summed E-state index contributed by atoms with van der Waals surface area (Å²) in [6, 6.07) is 20.1. The smallest absolute Gasteiger partial charge is 0.211 e. The van der Waals surface area contributed by atoms with E-state index in [0.29, 0.717) is 0 Å². The number of aromatic nitrogens is 2. The van der Waals surface area contributed by atoms with Crippen molar-refractivity contribution < 1.29 is 0 Å². The average Bonchev–Trinajstić information content (AvgIpc) is 2.54. The molecule has 0 bridgehead atoms. The Morgan fingerprint density at radius 2 is 1.67 bits per heavy atom. The van der Waals surface area contributed by atoms with Crippen LogP contribution in [0.15, 0.2) is 71.9 Å². The fraction of sp³-hybridized carbons (Fsp3) is 0. The summed E-state index contributed by atoms with van der Waals surface area (Å²) in [5.41, 5.74) is 1.90. The van der Waals surface area contributed by atoms with Crippen molar-refractivity contribution in [1.82, 2.24) is 9.97 Å². The Balaban J connectivity index is 1.93. The lowest BCUT2D eigenvalue weighted by Crippen LogP contribution is -2.01. The zero-order valence-corrected chi connectivity index (χ0v) is 11.9. The second-order valence-electron chi connectivity index (χ2n) is 4.67. The fourth-order valence-electron chi connectivity index (χ4n) is 2.19. The summed E-state index contributed by atoms with van der Waals surface area (Å²) >= 11 is 1.51. The third-order valence-corrected chi connectivity index (χ3v) is 4.10. The molecule has 2 aromatic carbocycles. The third-order valence-electron chi connectivity index (χ3n) is 3.20. The molecule has 4 heteroatoms. The monoisotopic (exact) mass is 289 g/mol. The average molecular weight is 289 g/mol. The van der Waals surface area contributed by atoms with Crippen LogP contribution in [0.4, 0.5) is 5.69 Å². The molecule has 0 aliphatic heterocycles. The normalized spacial score (nSPS) is 12.1. The van der Waals surface area contributed by atoms with Crippen LogP contribution in [-0.4, -0.2) is 9.97 Å². The lowest BCUT2D eigenvalue weighted by molar-refractivity contribution is 1.22. The van der Waals surface area contributed by atoms with Crippen LogP contribution in [0.25, 0.3) is 21.1 Å². The molecule has 0 saturated heterocycles. The van der Waals surface area contributed by atoms with Crippen molar-refractivity contribution >= 4 is 38.1 Å². The van der Waals surface area contributed by atoms with Crippen LogP contribution < -0.4 is 4.80 Å². The Hall–Kier alpha value is -2.59. The zero-order chi connectivity index (χ0) is 14.1. The first-order valence-electron chi connectivity index (χ1n) is 6.64. The Bertz CT molecular complexity index is 991. The molecule has 21 heavy (non-hydrogen) atoms. The summed E-state index contributed by atoms with van der Waals surface area (Å²) in [5.74, 6) is 0. The Morgan fingerprint density at radius 1 is 0.857 bits per heavy atom. The highest BCUT2D eigenvalue weighted by molar-refractivity contribution is 7.15. The Labute approximate surface area is 125 Å². The number of hydrogen-bond acceptors (Lipinski definition) is 4. The second-order valence-corrected chi connectivity index (χ2v) is 5.62. The van der Waals surface area contributed by atoms with Crippen LogP contribution in [0.5, 0.6) is 0 Å². The van der Waals surface area contributed by atoms with Crippen LogP contribution in [-0.2, 0) is 0 Å². The van der Waals surface area contributed by atoms with Crippen molar-refractivity contribution in [2.24, 2.45) is 4.99 Å². The first-order chi connectivity index (χ1) is 10.4. The van der Waals surface area contributed by atoms with Crippen molar-refractivity contribution in [3.8, 4) is 0 Å². The molecule has 4 aromatic rings. The standard InChI is InChI=1S/C17H11N3S/c1-2-7-14(8-3-1)19-17-18-11-13-10-12-6-4-5-9-15(12)20-16(13)21-17/h1-11H. The summed E-state index contributed by atoms with van der Waals surface area (Å²) in [4.78, 5) is 15.3. The van der Waals surface area contributed by atoms with Gasteiger partial charge in [0.25, 0.3) is 0 Å². The van der Waals surface area contributed by atoms with Crippen LogP contribution in [0.2, 0.25) is 0 Å². The van der Waals surface area contributed by atoms with Gasteiger partial charge < -0.3 is 0 Å². The molecular weight excluding hydrogens is 278 g/mol. The van der Waals surface area contributed by atoms with Crippen molar-refractivity contribution in [1.29, 1.82) is 0 Å². The number of benzene rings is 2. The number of para-hydroxylation sites is 2. The van der Waals surface area contributed by atoms with Gasteiger partial charge in [-0.2, -0.15) is 0 Å². The molecule has 0 spiro atoms. The topological polar surface area (TPSA) is 38.1 Å². The highest BCUT2D eigenvalue weighted by atomic mass is 32.1. The molecule has 0 aliphatic carbocycles. The lowest BCUT2D eigenvalue weighted by Gasteiger charge is -1.99. The fourth-order valence-corrected chi connectivity index (χ4v) is 2.99. The van der Waals surface area contributed by atoms with Gasteiger partial charge in [-0.1, -0.05) is 47.7 Å². The van der Waals surface area contributed by atoms with E-state index in [-0.39, 0.29) is 0 Å². The van der Waals surface area contributed by atoms with E-state index in [9.17, 15) is 0 Å². The molecule has 0 radical (unpaired) electrons. The molecule has 0 atom stereocenters. The number of pyridine rings is 1. The van der Waals surface area contributed by atoms with E-state index in [4.69, 9.17) is 4.98 Å². The SMILES string of the molecule is c1ccc(N=c2ncc3cc4ccccc4nc3s2)cc1. The van der Waals surface area contributed by atoms with E-state index in [1.165, 1.54) is 11.3 Å². The molecule has 0 amide bonds. The van der Waals surface area contributed by atoms with E-state index in [1.54, 1.807) is 0 Å². The molecule has 100 valence electrons. The maximum absolute atomic E-state index is 4.70. The minimum atomic E-state index is 0.719. The highest BCUT2D eigenvalue weighted by Gasteiger charge is 2.00. The molecule has 2 aromatic heterocycles. The van der Waals surface area contributed by atoms with Gasteiger partial charge in [0.2, 0.25) is 4.80 Å². The number of fused-ring (bicyclic) bond motifs is 2. The number of hydrogen-bond donors (Lipinski definition) is 0. The molecule has 0 fully saturated rings. The summed E-state index contributed by atoms with van der Waals surface area (Å²) < 4.78 is 0. The van der Waals surface area contributed by atoms with Crippen LogP contribution >= 0.6 is 11.3 Å². The van der Waals surface area contributed by atoms with Gasteiger partial charge in [0.05, 0.1) is 11.2 Å². The van der Waals surface area contributed by atoms with Crippen LogP contribution in [0, 0.1) is 0 Å². The van der Waals surface area contributed by atoms with Crippen molar-refractivity contribution in [2.45, 2.75) is 0 Å². The molecule has 0 unspecified atom stereocenters. The molecule has 0 N–H and O–H groups in total. The molecular formula is C17H11N3S. The molecule has 4 rings (SSSR count). The van der Waals surface area contributed by atoms with E-state index in [1.807, 2.05) is 54.7 Å². The van der Waals surface area contributed by atoms with E-state index < -0.39 is 0 Å². The Morgan fingerprint density at radius 3 is 2.57 bits per heavy atom. The molecule has 2 heterocycles. The third kappa shape index (κ3) is 2.41. The summed E-state index contributed by atoms with van der Waals surface area (Å²) in [6.07, 6.45) is 1.84. The minimum Gasteiger partial charge on any atom is -0.237 e. The van der Waals surface area contributed by atoms with E-state index in [2.05, 4.69) is 22.1 Å². The molecule has 3 nitrogen and oxygen atoms in total. The van der Waals surface area contributed by atoms with Gasteiger partial charge in [0, 0.05) is 17.0 Å². The second kappa shape index (κ2) is 5.07. The maximum Gasteiger partial charge on any atom is 0.211 e. The van der Waals surface area contributed by atoms with Crippen molar-refractivity contribution in [3.63, 3.8) is 0 Å². The van der Waals surface area contributed by atoms with Crippen LogP contribution in [0.3, 0.4) is 0 Å². The highest BCUT2D eigenvalue weighted by Crippen LogP contribution is 2.19. The predicted molar refractivity (Wildman–Crippen MR) is 86.6 cm³/mol. The van der Waals surface area contributed by atoms with Gasteiger partial charge in [-0.3, -0.25) is 0 Å².